The van der Waals surface area contributed by atoms with E-state index < -0.39 is 9.84 Å². The summed E-state index contributed by atoms with van der Waals surface area (Å²) in [5.74, 6) is 0.496. The second-order valence-corrected chi connectivity index (χ2v) is 10.2. The summed E-state index contributed by atoms with van der Waals surface area (Å²) in [5, 5.41) is 4.17. The first-order valence-electron chi connectivity index (χ1n) is 10.8. The molecule has 1 aliphatic rings. The Balaban J connectivity index is 1.34. The van der Waals surface area contributed by atoms with Crippen LogP contribution in [0, 0.1) is 0 Å². The van der Waals surface area contributed by atoms with E-state index in [1.165, 1.54) is 11.8 Å². The maximum absolute atomic E-state index is 11.7. The number of sulfone groups is 1. The molecule has 1 saturated heterocycles. The average Bonchev–Trinajstić information content (AvgIpc) is 3.24. The number of anilines is 2. The van der Waals surface area contributed by atoms with Crippen molar-refractivity contribution in [2.24, 2.45) is 0 Å². The molecule has 0 aliphatic carbocycles. The summed E-state index contributed by atoms with van der Waals surface area (Å²) in [7, 11) is -3.24. The minimum Gasteiger partial charge on any atom is -0.379 e. The van der Waals surface area contributed by atoms with Gasteiger partial charge in [0.25, 0.3) is 0 Å². The minimum absolute atomic E-state index is 0.289. The number of nitrogens with zero attached hydrogens (tertiary/aromatic N) is 4. The molecule has 9 heteroatoms. The van der Waals surface area contributed by atoms with Crippen LogP contribution in [0.1, 0.15) is 5.56 Å². The molecule has 0 unspecified atom stereocenters. The van der Waals surface area contributed by atoms with Crippen molar-refractivity contribution in [3.63, 3.8) is 0 Å². The number of fused-ring (bicyclic) bond motifs is 1. The smallest absolute Gasteiger partial charge is 0.229 e. The highest BCUT2D eigenvalue weighted by Gasteiger charge is 2.12. The Morgan fingerprint density at radius 1 is 1.00 bits per heavy atom. The molecule has 0 spiro atoms. The highest BCUT2D eigenvalue weighted by molar-refractivity contribution is 7.90. The van der Waals surface area contributed by atoms with E-state index in [9.17, 15) is 8.42 Å². The van der Waals surface area contributed by atoms with Crippen LogP contribution in [0.15, 0.2) is 71.9 Å². The third-order valence-electron chi connectivity index (χ3n) is 5.69. The van der Waals surface area contributed by atoms with Crippen molar-refractivity contribution in [3.05, 3.63) is 72.6 Å². The summed E-state index contributed by atoms with van der Waals surface area (Å²) in [5.41, 5.74) is 3.74. The molecule has 3 heterocycles. The number of benzene rings is 2. The molecule has 170 valence electrons. The van der Waals surface area contributed by atoms with Crippen LogP contribution in [0.4, 0.5) is 11.6 Å². The molecule has 0 amide bonds. The zero-order valence-electron chi connectivity index (χ0n) is 18.3. The standard InChI is InChI=1S/C24H25N5O3S/c1-33(30,31)22-8-6-21(7-9-22)29-11-10-19-16-25-24(27-23(19)29)26-20-4-2-18(3-5-20)17-28-12-14-32-15-13-28/h2-11,16H,12-15,17H2,1H3,(H,25,26,27). The van der Waals surface area contributed by atoms with Gasteiger partial charge in [0.2, 0.25) is 5.95 Å². The molecule has 8 nitrogen and oxygen atoms in total. The Labute approximate surface area is 192 Å². The van der Waals surface area contributed by atoms with Gasteiger partial charge < -0.3 is 14.6 Å². The summed E-state index contributed by atoms with van der Waals surface area (Å²) in [6.07, 6.45) is 4.88. The Kier molecular flexibility index (Phi) is 5.84. The molecule has 1 fully saturated rings. The fraction of sp³-hybridized carbons (Fsp3) is 0.250. The van der Waals surface area contributed by atoms with Crippen molar-refractivity contribution in [1.29, 1.82) is 0 Å². The van der Waals surface area contributed by atoms with Gasteiger partial charge >= 0.3 is 0 Å². The summed E-state index contributed by atoms with van der Waals surface area (Å²) < 4.78 is 30.8. The Morgan fingerprint density at radius 3 is 2.42 bits per heavy atom. The van der Waals surface area contributed by atoms with Crippen LogP contribution in [0.25, 0.3) is 16.7 Å². The third-order valence-corrected chi connectivity index (χ3v) is 6.82. The molecule has 2 aromatic carbocycles. The molecule has 33 heavy (non-hydrogen) atoms. The summed E-state index contributed by atoms with van der Waals surface area (Å²) in [6, 6.07) is 17.0. The fourth-order valence-electron chi connectivity index (χ4n) is 3.88. The van der Waals surface area contributed by atoms with Crippen molar-refractivity contribution < 1.29 is 13.2 Å². The van der Waals surface area contributed by atoms with E-state index in [0.717, 1.165) is 55.3 Å². The molecule has 1 aliphatic heterocycles. The van der Waals surface area contributed by atoms with Crippen molar-refractivity contribution in [1.82, 2.24) is 19.4 Å². The van der Waals surface area contributed by atoms with E-state index in [0.29, 0.717) is 5.95 Å². The lowest BCUT2D eigenvalue weighted by Crippen LogP contribution is -2.35. The number of ether oxygens (including phenoxy) is 1. The molecular weight excluding hydrogens is 438 g/mol. The van der Waals surface area contributed by atoms with E-state index in [1.807, 2.05) is 29.0 Å². The lowest BCUT2D eigenvalue weighted by atomic mass is 10.2. The van der Waals surface area contributed by atoms with Crippen LogP contribution in [0.5, 0.6) is 0 Å². The summed E-state index contributed by atoms with van der Waals surface area (Å²) in [6.45, 7) is 4.43. The molecule has 4 aromatic rings. The molecular formula is C24H25N5O3S. The van der Waals surface area contributed by atoms with Crippen molar-refractivity contribution in [2.45, 2.75) is 11.4 Å². The van der Waals surface area contributed by atoms with Gasteiger partial charge in [0.15, 0.2) is 9.84 Å². The van der Waals surface area contributed by atoms with Gasteiger partial charge in [-0.3, -0.25) is 4.90 Å². The maximum atomic E-state index is 11.7. The minimum atomic E-state index is -3.24. The van der Waals surface area contributed by atoms with Gasteiger partial charge in [-0.05, 0) is 48.0 Å². The topological polar surface area (TPSA) is 89.4 Å². The van der Waals surface area contributed by atoms with E-state index in [-0.39, 0.29) is 4.90 Å². The molecule has 0 radical (unpaired) electrons. The third kappa shape index (κ3) is 4.90. The Morgan fingerprint density at radius 2 is 1.73 bits per heavy atom. The number of nitrogens with one attached hydrogen (secondary N) is 1. The number of aromatic nitrogens is 3. The normalized spacial score (nSPS) is 15.1. The molecule has 0 bridgehead atoms. The quantitative estimate of drug-likeness (QED) is 0.469. The van der Waals surface area contributed by atoms with Crippen LogP contribution >= 0.6 is 0 Å². The largest absolute Gasteiger partial charge is 0.379 e. The number of rotatable bonds is 6. The predicted octanol–water partition coefficient (Wildman–Crippen LogP) is 3.40. The van der Waals surface area contributed by atoms with Gasteiger partial charge in [-0.25, -0.2) is 13.4 Å². The number of morpholine rings is 1. The van der Waals surface area contributed by atoms with Gasteiger partial charge in [-0.1, -0.05) is 12.1 Å². The average molecular weight is 464 g/mol. The number of hydrogen-bond donors (Lipinski definition) is 1. The highest BCUT2D eigenvalue weighted by Crippen LogP contribution is 2.22. The SMILES string of the molecule is CS(=O)(=O)c1ccc(-n2ccc3cnc(Nc4ccc(CN5CCOCC5)cc4)nc32)cc1. The summed E-state index contributed by atoms with van der Waals surface area (Å²) in [4.78, 5) is 11.8. The van der Waals surface area contributed by atoms with E-state index in [2.05, 4.69) is 27.3 Å². The second-order valence-electron chi connectivity index (χ2n) is 8.13. The molecule has 2 aromatic heterocycles. The highest BCUT2D eigenvalue weighted by atomic mass is 32.2. The zero-order chi connectivity index (χ0) is 22.8. The fourth-order valence-corrected chi connectivity index (χ4v) is 4.51. The zero-order valence-corrected chi connectivity index (χ0v) is 19.1. The van der Waals surface area contributed by atoms with Gasteiger partial charge in [0.1, 0.15) is 5.65 Å². The Hall–Kier alpha value is -3.27. The first-order chi connectivity index (χ1) is 16.0. The molecule has 0 atom stereocenters. The van der Waals surface area contributed by atoms with Crippen LogP contribution in [-0.2, 0) is 21.1 Å². The molecule has 1 N–H and O–H groups in total. The number of hydrogen-bond acceptors (Lipinski definition) is 7. The predicted molar refractivity (Wildman–Crippen MR) is 128 cm³/mol. The van der Waals surface area contributed by atoms with Gasteiger partial charge in [0.05, 0.1) is 18.1 Å². The van der Waals surface area contributed by atoms with E-state index in [4.69, 9.17) is 9.72 Å². The van der Waals surface area contributed by atoms with Crippen LogP contribution in [0.3, 0.4) is 0 Å². The van der Waals surface area contributed by atoms with Gasteiger partial charge in [-0.15, -0.1) is 0 Å². The van der Waals surface area contributed by atoms with Crippen LogP contribution in [-0.4, -0.2) is 60.4 Å². The van der Waals surface area contributed by atoms with E-state index in [1.54, 1.807) is 30.5 Å². The first kappa shape index (κ1) is 21.6. The second kappa shape index (κ2) is 8.93. The van der Waals surface area contributed by atoms with Crippen molar-refractivity contribution in [2.75, 3.05) is 37.9 Å². The lowest BCUT2D eigenvalue weighted by molar-refractivity contribution is 0.0342. The maximum Gasteiger partial charge on any atom is 0.229 e. The van der Waals surface area contributed by atoms with Gasteiger partial charge in [-0.2, -0.15) is 4.98 Å². The molecule has 0 saturated carbocycles. The van der Waals surface area contributed by atoms with Crippen LogP contribution in [0.2, 0.25) is 0 Å². The van der Waals surface area contributed by atoms with Crippen molar-refractivity contribution >= 4 is 32.5 Å². The Bertz CT molecular complexity index is 1360. The summed E-state index contributed by atoms with van der Waals surface area (Å²) >= 11 is 0. The lowest BCUT2D eigenvalue weighted by Gasteiger charge is -2.26. The molecule has 5 rings (SSSR count). The van der Waals surface area contributed by atoms with Crippen molar-refractivity contribution in [3.8, 4) is 5.69 Å². The van der Waals surface area contributed by atoms with Crippen LogP contribution < -0.4 is 5.32 Å². The van der Waals surface area contributed by atoms with Gasteiger partial charge in [0, 0.05) is 55.0 Å². The van der Waals surface area contributed by atoms with E-state index >= 15 is 0 Å². The first-order valence-corrected chi connectivity index (χ1v) is 12.7. The monoisotopic (exact) mass is 463 g/mol.